The predicted molar refractivity (Wildman–Crippen MR) is 128 cm³/mol. The molecule has 0 heterocycles. The smallest absolute Gasteiger partial charge is 0.404 e. The average Bonchev–Trinajstić information content (AvgIpc) is 2.65. The highest BCUT2D eigenvalue weighted by atomic mass is 32.2. The molecule has 1 atom stereocenters. The highest BCUT2D eigenvalue weighted by Gasteiger charge is 2.40. The Morgan fingerprint density at radius 1 is 1.21 bits per heavy atom. The first kappa shape index (κ1) is 28.9. The minimum atomic E-state index is -3.72. The number of hydrogen-bond donors (Lipinski definition) is 3. The van der Waals surface area contributed by atoms with Gasteiger partial charge in [-0.05, 0) is 17.9 Å². The topological polar surface area (TPSA) is 139 Å². The fraction of sp³-hybridized carbons (Fsp3) is 0.652. The highest BCUT2D eigenvalue weighted by molar-refractivity contribution is 7.88. The molecule has 9 nitrogen and oxygen atoms in total. The number of rotatable bonds is 14. The Morgan fingerprint density at radius 2 is 1.82 bits per heavy atom. The number of aliphatic hydroxyl groups is 1. The van der Waals surface area contributed by atoms with Crippen LogP contribution < -0.4 is 11.1 Å². The fourth-order valence-corrected chi connectivity index (χ4v) is 4.71. The van der Waals surface area contributed by atoms with E-state index < -0.39 is 27.3 Å². The third-order valence-corrected chi connectivity index (χ3v) is 6.52. The van der Waals surface area contributed by atoms with E-state index in [9.17, 15) is 23.1 Å². The second-order valence-electron chi connectivity index (χ2n) is 9.71. The Morgan fingerprint density at radius 3 is 2.33 bits per heavy atom. The minimum absolute atomic E-state index is 0.00917. The van der Waals surface area contributed by atoms with Crippen LogP contribution in [0.2, 0.25) is 0 Å². The maximum absolute atomic E-state index is 12.6. The van der Waals surface area contributed by atoms with Gasteiger partial charge in [0, 0.05) is 37.8 Å². The Kier molecular flexibility index (Phi) is 10.8. The summed E-state index contributed by atoms with van der Waals surface area (Å²) in [6.07, 6.45) is 0.940. The zero-order valence-electron chi connectivity index (χ0n) is 20.3. The van der Waals surface area contributed by atoms with Crippen LogP contribution in [0, 0.1) is 11.3 Å². The molecular weight excluding hydrogens is 446 g/mol. The Labute approximate surface area is 197 Å². The number of primary amides is 1. The summed E-state index contributed by atoms with van der Waals surface area (Å²) in [6.45, 7) is 7.73. The van der Waals surface area contributed by atoms with E-state index in [0.29, 0.717) is 6.42 Å². The number of amides is 2. The van der Waals surface area contributed by atoms with Crippen molar-refractivity contribution in [2.24, 2.45) is 17.1 Å². The molecule has 0 aromatic heterocycles. The van der Waals surface area contributed by atoms with Crippen molar-refractivity contribution in [3.05, 3.63) is 35.9 Å². The number of hydrogen-bond acceptors (Lipinski definition) is 6. The van der Waals surface area contributed by atoms with Gasteiger partial charge in [0.2, 0.25) is 15.9 Å². The molecule has 0 saturated heterocycles. The summed E-state index contributed by atoms with van der Waals surface area (Å²) >= 11 is 0. The lowest BCUT2D eigenvalue weighted by molar-refractivity contribution is -0.124. The van der Waals surface area contributed by atoms with Crippen LogP contribution in [0.5, 0.6) is 0 Å². The number of nitrogens with two attached hydrogens (primary N) is 1. The third-order valence-electron chi connectivity index (χ3n) is 5.20. The molecule has 0 aliphatic carbocycles. The lowest BCUT2D eigenvalue weighted by Crippen LogP contribution is -2.55. The number of benzene rings is 1. The third kappa shape index (κ3) is 11.0. The van der Waals surface area contributed by atoms with Gasteiger partial charge in [0.1, 0.15) is 5.72 Å². The molecule has 4 N–H and O–H groups in total. The van der Waals surface area contributed by atoms with Crippen LogP contribution in [0.25, 0.3) is 0 Å². The molecule has 33 heavy (non-hydrogen) atoms. The lowest BCUT2D eigenvalue weighted by atomic mass is 9.90. The summed E-state index contributed by atoms with van der Waals surface area (Å²) in [6, 6.07) is 9.15. The average molecular weight is 486 g/mol. The van der Waals surface area contributed by atoms with Crippen molar-refractivity contribution in [2.75, 3.05) is 26.0 Å². The maximum Gasteiger partial charge on any atom is 0.404 e. The van der Waals surface area contributed by atoms with Crippen LogP contribution in [0.3, 0.4) is 0 Å². The van der Waals surface area contributed by atoms with Crippen molar-refractivity contribution >= 4 is 22.0 Å². The van der Waals surface area contributed by atoms with Gasteiger partial charge >= 0.3 is 6.09 Å². The van der Waals surface area contributed by atoms with Crippen molar-refractivity contribution < 1.29 is 27.9 Å². The van der Waals surface area contributed by atoms with Crippen LogP contribution in [0.15, 0.2) is 30.3 Å². The molecule has 0 bridgehead atoms. The molecule has 1 rings (SSSR count). The van der Waals surface area contributed by atoms with E-state index in [2.05, 4.69) is 5.32 Å². The van der Waals surface area contributed by atoms with E-state index in [-0.39, 0.29) is 50.8 Å². The van der Waals surface area contributed by atoms with E-state index in [4.69, 9.17) is 10.5 Å². The van der Waals surface area contributed by atoms with Crippen LogP contribution in [0.4, 0.5) is 4.79 Å². The number of carbonyl (C=O) groups excluding carboxylic acids is 2. The Balaban J connectivity index is 2.96. The molecule has 10 heteroatoms. The predicted octanol–water partition coefficient (Wildman–Crippen LogP) is 2.24. The second-order valence-corrected chi connectivity index (χ2v) is 11.6. The number of carbonyl (C=O) groups is 2. The Bertz CT molecular complexity index is 873. The standard InChI is InChI=1S/C23H39N3O6S/c1-18(2)11-14-26(33(5,30)31)23(29,15-19-9-7-6-8-10-19)12-13-25-20(27)16-22(3,4)17-32-21(24)28/h6-10,18,29H,11-17H2,1-5H3,(H2,24,28)(H,25,27). The first-order valence-electron chi connectivity index (χ1n) is 11.1. The van der Waals surface area contributed by atoms with Gasteiger partial charge in [0.25, 0.3) is 0 Å². The van der Waals surface area contributed by atoms with Crippen molar-refractivity contribution in [1.82, 2.24) is 9.62 Å². The molecule has 0 spiro atoms. The number of ether oxygens (including phenoxy) is 1. The second kappa shape index (κ2) is 12.3. The van der Waals surface area contributed by atoms with Gasteiger partial charge in [-0.25, -0.2) is 13.2 Å². The highest BCUT2D eigenvalue weighted by Crippen LogP contribution is 2.26. The molecule has 0 aliphatic heterocycles. The quantitative estimate of drug-likeness (QED) is 0.345. The zero-order chi connectivity index (χ0) is 25.3. The van der Waals surface area contributed by atoms with Gasteiger partial charge in [-0.1, -0.05) is 58.0 Å². The van der Waals surface area contributed by atoms with Crippen LogP contribution in [-0.2, 0) is 26.0 Å². The maximum atomic E-state index is 12.6. The Hall–Kier alpha value is -2.17. The normalized spacial score (nSPS) is 14.2. The summed E-state index contributed by atoms with van der Waals surface area (Å²) in [4.78, 5) is 23.3. The van der Waals surface area contributed by atoms with E-state index in [0.717, 1.165) is 16.1 Å². The largest absolute Gasteiger partial charge is 0.449 e. The monoisotopic (exact) mass is 485 g/mol. The number of sulfonamides is 1. The van der Waals surface area contributed by atoms with E-state index >= 15 is 0 Å². The first-order chi connectivity index (χ1) is 15.1. The molecule has 0 aliphatic rings. The summed E-state index contributed by atoms with van der Waals surface area (Å²) in [7, 11) is -3.72. The first-order valence-corrected chi connectivity index (χ1v) is 12.9. The molecule has 1 aromatic rings. The molecular formula is C23H39N3O6S. The van der Waals surface area contributed by atoms with Gasteiger partial charge < -0.3 is 20.9 Å². The molecule has 2 amide bonds. The summed E-state index contributed by atoms with van der Waals surface area (Å²) in [5.74, 6) is -0.0528. The number of nitrogens with one attached hydrogen (secondary N) is 1. The zero-order valence-corrected chi connectivity index (χ0v) is 21.2. The van der Waals surface area contributed by atoms with Gasteiger partial charge in [0.05, 0.1) is 12.9 Å². The number of nitrogens with zero attached hydrogens (tertiary/aromatic N) is 1. The van der Waals surface area contributed by atoms with Crippen molar-refractivity contribution in [1.29, 1.82) is 0 Å². The van der Waals surface area contributed by atoms with Crippen LogP contribution in [0.1, 0.15) is 52.5 Å². The van der Waals surface area contributed by atoms with Crippen LogP contribution in [-0.4, -0.2) is 61.5 Å². The summed E-state index contributed by atoms with van der Waals surface area (Å²) in [5.41, 5.74) is 3.44. The summed E-state index contributed by atoms with van der Waals surface area (Å²) < 4.78 is 31.2. The van der Waals surface area contributed by atoms with Crippen molar-refractivity contribution in [3.8, 4) is 0 Å². The van der Waals surface area contributed by atoms with Crippen LogP contribution >= 0.6 is 0 Å². The molecule has 1 aromatic carbocycles. The van der Waals surface area contributed by atoms with Crippen molar-refractivity contribution in [3.63, 3.8) is 0 Å². The van der Waals surface area contributed by atoms with E-state index in [1.807, 2.05) is 44.2 Å². The van der Waals surface area contributed by atoms with Crippen molar-refractivity contribution in [2.45, 2.75) is 59.1 Å². The molecule has 1 unspecified atom stereocenters. The fourth-order valence-electron chi connectivity index (χ4n) is 3.50. The summed E-state index contributed by atoms with van der Waals surface area (Å²) in [5, 5.41) is 14.3. The lowest BCUT2D eigenvalue weighted by Gasteiger charge is -2.39. The molecule has 0 fully saturated rings. The van der Waals surface area contributed by atoms with Gasteiger partial charge in [0.15, 0.2) is 0 Å². The molecule has 0 radical (unpaired) electrons. The SMILES string of the molecule is CC(C)CCN(C(O)(CCNC(=O)CC(C)(C)COC(N)=O)Cc1ccccc1)S(C)(=O)=O. The molecule has 188 valence electrons. The van der Waals surface area contributed by atoms with Gasteiger partial charge in [-0.3, -0.25) is 4.79 Å². The van der Waals surface area contributed by atoms with Gasteiger partial charge in [-0.2, -0.15) is 4.31 Å². The van der Waals surface area contributed by atoms with Gasteiger partial charge in [-0.15, -0.1) is 0 Å². The molecule has 0 saturated carbocycles. The minimum Gasteiger partial charge on any atom is -0.449 e. The van der Waals surface area contributed by atoms with E-state index in [1.54, 1.807) is 13.8 Å². The van der Waals surface area contributed by atoms with E-state index in [1.165, 1.54) is 0 Å².